The van der Waals surface area contributed by atoms with Gasteiger partial charge in [0.2, 0.25) is 0 Å². The fraction of sp³-hybridized carbons (Fsp3) is 0.600. The van der Waals surface area contributed by atoms with Crippen molar-refractivity contribution >= 4 is 5.69 Å². The van der Waals surface area contributed by atoms with Gasteiger partial charge in [-0.1, -0.05) is 19.1 Å². The highest BCUT2D eigenvalue weighted by atomic mass is 16.5. The van der Waals surface area contributed by atoms with Crippen molar-refractivity contribution in [3.05, 3.63) is 29.8 Å². The molecule has 100 valence electrons. The Kier molecular flexibility index (Phi) is 5.02. The van der Waals surface area contributed by atoms with Crippen molar-refractivity contribution in [1.82, 2.24) is 5.32 Å². The Labute approximate surface area is 110 Å². The van der Waals surface area contributed by atoms with Crippen LogP contribution >= 0.6 is 0 Å². The van der Waals surface area contributed by atoms with Crippen molar-refractivity contribution in [2.75, 3.05) is 31.6 Å². The Morgan fingerprint density at radius 1 is 1.22 bits per heavy atom. The van der Waals surface area contributed by atoms with Gasteiger partial charge in [0.15, 0.2) is 0 Å². The molecule has 3 nitrogen and oxygen atoms in total. The van der Waals surface area contributed by atoms with E-state index in [0.717, 1.165) is 39.0 Å². The molecule has 0 bridgehead atoms. The van der Waals surface area contributed by atoms with Gasteiger partial charge in [-0.05, 0) is 37.1 Å². The fourth-order valence-corrected chi connectivity index (χ4v) is 2.44. The van der Waals surface area contributed by atoms with E-state index in [1.807, 2.05) is 7.11 Å². The Morgan fingerprint density at radius 3 is 2.44 bits per heavy atom. The molecule has 0 amide bonds. The van der Waals surface area contributed by atoms with Gasteiger partial charge >= 0.3 is 0 Å². The molecule has 0 atom stereocenters. The topological polar surface area (TPSA) is 24.5 Å². The summed E-state index contributed by atoms with van der Waals surface area (Å²) >= 11 is 0. The van der Waals surface area contributed by atoms with Gasteiger partial charge in [-0.3, -0.25) is 0 Å². The zero-order valence-corrected chi connectivity index (χ0v) is 11.5. The maximum Gasteiger partial charge on any atom is 0.0605 e. The molecule has 1 aromatic carbocycles. The second-order valence-electron chi connectivity index (χ2n) is 4.87. The van der Waals surface area contributed by atoms with E-state index in [1.54, 1.807) is 0 Å². The van der Waals surface area contributed by atoms with Crippen LogP contribution in [0.15, 0.2) is 24.3 Å². The van der Waals surface area contributed by atoms with Crippen molar-refractivity contribution in [2.45, 2.75) is 32.4 Å². The lowest BCUT2D eigenvalue weighted by Crippen LogP contribution is -2.36. The minimum atomic E-state index is 0.453. The number of hydrogen-bond donors (Lipinski definition) is 1. The zero-order chi connectivity index (χ0) is 12.8. The number of hydrogen-bond acceptors (Lipinski definition) is 3. The van der Waals surface area contributed by atoms with Gasteiger partial charge in [0.05, 0.1) is 6.10 Å². The molecule has 1 heterocycles. The predicted octanol–water partition coefficient (Wildman–Crippen LogP) is 2.41. The van der Waals surface area contributed by atoms with Crippen LogP contribution in [0.3, 0.4) is 0 Å². The van der Waals surface area contributed by atoms with Gasteiger partial charge in [-0.25, -0.2) is 0 Å². The predicted molar refractivity (Wildman–Crippen MR) is 76.1 cm³/mol. The van der Waals surface area contributed by atoms with Crippen LogP contribution in [-0.2, 0) is 11.3 Å². The van der Waals surface area contributed by atoms with E-state index >= 15 is 0 Å². The third-order valence-electron chi connectivity index (χ3n) is 3.66. The van der Waals surface area contributed by atoms with Crippen LogP contribution in [0.1, 0.15) is 25.3 Å². The first-order valence-electron chi connectivity index (χ1n) is 6.91. The normalized spacial score (nSPS) is 17.1. The van der Waals surface area contributed by atoms with Crippen LogP contribution in [0.2, 0.25) is 0 Å². The number of nitrogens with zero attached hydrogens (tertiary/aromatic N) is 1. The van der Waals surface area contributed by atoms with Crippen LogP contribution in [0.25, 0.3) is 0 Å². The lowest BCUT2D eigenvalue weighted by atomic mass is 10.1. The van der Waals surface area contributed by atoms with Crippen LogP contribution in [0.5, 0.6) is 0 Å². The molecule has 2 rings (SSSR count). The van der Waals surface area contributed by atoms with Crippen LogP contribution in [0, 0.1) is 0 Å². The smallest absolute Gasteiger partial charge is 0.0605 e. The summed E-state index contributed by atoms with van der Waals surface area (Å²) in [6.07, 6.45) is 2.72. The molecule has 0 unspecified atom stereocenters. The quantitative estimate of drug-likeness (QED) is 0.866. The summed E-state index contributed by atoms with van der Waals surface area (Å²) in [5.41, 5.74) is 2.69. The van der Waals surface area contributed by atoms with Gasteiger partial charge in [-0.2, -0.15) is 0 Å². The summed E-state index contributed by atoms with van der Waals surface area (Å²) in [6.45, 7) is 6.32. The minimum absolute atomic E-state index is 0.453. The lowest BCUT2D eigenvalue weighted by Gasteiger charge is -2.33. The number of methoxy groups -OCH3 is 1. The zero-order valence-electron chi connectivity index (χ0n) is 11.5. The van der Waals surface area contributed by atoms with Gasteiger partial charge in [0.1, 0.15) is 0 Å². The molecule has 0 aliphatic carbocycles. The average Bonchev–Trinajstić information content (AvgIpc) is 2.46. The van der Waals surface area contributed by atoms with E-state index in [-0.39, 0.29) is 0 Å². The third kappa shape index (κ3) is 3.47. The standard InChI is InChI=1S/C15H24N2O/c1-3-16-12-13-4-6-14(7-5-13)17-10-8-15(18-2)9-11-17/h4-7,15-16H,3,8-12H2,1-2H3. The molecule has 0 saturated carbocycles. The summed E-state index contributed by atoms with van der Waals surface area (Å²) < 4.78 is 5.40. The SMILES string of the molecule is CCNCc1ccc(N2CCC(OC)CC2)cc1. The summed E-state index contributed by atoms with van der Waals surface area (Å²) in [7, 11) is 1.82. The van der Waals surface area contributed by atoms with E-state index < -0.39 is 0 Å². The number of nitrogens with one attached hydrogen (secondary N) is 1. The second-order valence-corrected chi connectivity index (χ2v) is 4.87. The van der Waals surface area contributed by atoms with Crippen molar-refractivity contribution in [1.29, 1.82) is 0 Å². The largest absolute Gasteiger partial charge is 0.381 e. The first-order valence-corrected chi connectivity index (χ1v) is 6.91. The van der Waals surface area contributed by atoms with Crippen molar-refractivity contribution < 1.29 is 4.74 Å². The Morgan fingerprint density at radius 2 is 1.89 bits per heavy atom. The Hall–Kier alpha value is -1.06. The van der Waals surface area contributed by atoms with Gasteiger partial charge in [0, 0.05) is 32.4 Å². The average molecular weight is 248 g/mol. The van der Waals surface area contributed by atoms with Crippen molar-refractivity contribution in [2.24, 2.45) is 0 Å². The molecule has 1 N–H and O–H groups in total. The van der Waals surface area contributed by atoms with Crippen LogP contribution in [0.4, 0.5) is 5.69 Å². The number of piperidine rings is 1. The minimum Gasteiger partial charge on any atom is -0.381 e. The number of anilines is 1. The Balaban J connectivity index is 1.89. The van der Waals surface area contributed by atoms with Gasteiger partial charge in [-0.15, -0.1) is 0 Å². The molecule has 0 spiro atoms. The maximum atomic E-state index is 5.40. The number of ether oxygens (including phenoxy) is 1. The Bertz CT molecular complexity index is 342. The second kappa shape index (κ2) is 6.76. The third-order valence-corrected chi connectivity index (χ3v) is 3.66. The van der Waals surface area contributed by atoms with Crippen LogP contribution < -0.4 is 10.2 Å². The van der Waals surface area contributed by atoms with E-state index in [9.17, 15) is 0 Å². The maximum absolute atomic E-state index is 5.40. The lowest BCUT2D eigenvalue weighted by molar-refractivity contribution is 0.0819. The number of rotatable bonds is 5. The highest BCUT2D eigenvalue weighted by molar-refractivity contribution is 5.48. The summed E-state index contributed by atoms with van der Waals surface area (Å²) in [5.74, 6) is 0. The molecular formula is C15H24N2O. The van der Waals surface area contributed by atoms with Gasteiger partial charge < -0.3 is 15.0 Å². The van der Waals surface area contributed by atoms with Crippen molar-refractivity contribution in [3.63, 3.8) is 0 Å². The molecule has 1 fully saturated rings. The molecule has 1 aliphatic heterocycles. The van der Waals surface area contributed by atoms with Crippen molar-refractivity contribution in [3.8, 4) is 0 Å². The van der Waals surface area contributed by atoms with Gasteiger partial charge in [0.25, 0.3) is 0 Å². The van der Waals surface area contributed by atoms with E-state index in [1.165, 1.54) is 11.3 Å². The summed E-state index contributed by atoms with van der Waals surface area (Å²) in [5, 5.41) is 3.35. The molecule has 1 aromatic rings. The first-order chi connectivity index (χ1) is 8.83. The van der Waals surface area contributed by atoms with E-state index in [0.29, 0.717) is 6.10 Å². The molecular weight excluding hydrogens is 224 g/mol. The monoisotopic (exact) mass is 248 g/mol. The molecule has 1 saturated heterocycles. The molecule has 1 aliphatic rings. The first kappa shape index (κ1) is 13.4. The highest BCUT2D eigenvalue weighted by Crippen LogP contribution is 2.21. The molecule has 0 aromatic heterocycles. The number of benzene rings is 1. The summed E-state index contributed by atoms with van der Waals surface area (Å²) in [6, 6.07) is 8.92. The van der Waals surface area contributed by atoms with E-state index in [4.69, 9.17) is 4.74 Å². The van der Waals surface area contributed by atoms with Crippen LogP contribution in [-0.4, -0.2) is 32.8 Å². The fourth-order valence-electron chi connectivity index (χ4n) is 2.44. The molecule has 3 heteroatoms. The highest BCUT2D eigenvalue weighted by Gasteiger charge is 2.18. The molecule has 0 radical (unpaired) electrons. The summed E-state index contributed by atoms with van der Waals surface area (Å²) in [4.78, 5) is 2.45. The van der Waals surface area contributed by atoms with E-state index in [2.05, 4.69) is 41.4 Å². The molecule has 18 heavy (non-hydrogen) atoms.